The predicted molar refractivity (Wildman–Crippen MR) is 352 cm³/mol. The van der Waals surface area contributed by atoms with Crippen molar-refractivity contribution in [3.8, 4) is 29.4 Å². The molecule has 35 heteroatoms. The molecule has 6 aliphatic rings. The number of hydrogen-bond donors (Lipinski definition) is 1. The van der Waals surface area contributed by atoms with E-state index in [4.69, 9.17) is 39.5 Å². The zero-order chi connectivity index (χ0) is 77.3. The third-order valence-corrected chi connectivity index (χ3v) is 29.4. The summed E-state index contributed by atoms with van der Waals surface area (Å²) in [4.78, 5) is 10.8. The van der Waals surface area contributed by atoms with E-state index >= 15 is 8.78 Å². The summed E-state index contributed by atoms with van der Waals surface area (Å²) in [6, 6.07) is 17.7. The number of nitrogens with zero attached hydrogens (tertiary/aromatic N) is 2. The fourth-order valence-electron chi connectivity index (χ4n) is 15.1. The van der Waals surface area contributed by atoms with E-state index in [2.05, 4.69) is 0 Å². The molecule has 3 aliphatic carbocycles. The number of carbonyl (C=O) groups is 1. The summed E-state index contributed by atoms with van der Waals surface area (Å²) in [7, 11) is -16.5. The van der Waals surface area contributed by atoms with Gasteiger partial charge >= 0.3 is 26.1 Å². The molecule has 3 fully saturated rings. The number of fused-ring (bicyclic) bond motifs is 9. The Bertz CT molecular complexity index is 4710. The number of sulfone groups is 3. The molecule has 0 bridgehead atoms. The Morgan fingerprint density at radius 3 is 1.14 bits per heavy atom. The number of ether oxygens (including phenoxy) is 3. The normalized spacial score (nSPS) is 23.3. The van der Waals surface area contributed by atoms with Crippen LogP contribution in [0.15, 0.2) is 124 Å². The quantitative estimate of drug-likeness (QED) is 0.0785. The first-order chi connectivity index (χ1) is 49.2. The maximum Gasteiger partial charge on any atom is 0.416 e. The van der Waals surface area contributed by atoms with Crippen LogP contribution in [0.5, 0.6) is 17.2 Å². The zero-order valence-electron chi connectivity index (χ0n) is 55.6. The van der Waals surface area contributed by atoms with Crippen molar-refractivity contribution < 1.29 is 124 Å². The van der Waals surface area contributed by atoms with E-state index in [9.17, 15) is 91.7 Å². The van der Waals surface area contributed by atoms with Gasteiger partial charge in [0, 0.05) is 37.0 Å². The number of benzene rings is 6. The lowest BCUT2D eigenvalue weighted by atomic mass is 9.68. The SMILES string of the molecule is C.CCOP(=O)(CC#N)OCC.N#CC[C@@H]1CC[C@@]2(S(=O)(=O)c3ccc(C(F)(F)F)cc3)c3c(F)ccc(F)c3OC[C@H]2C1.NCC[C@@H]1CC[C@@]2(S(=O)(=O)c3ccc(C(F)(F)F)cc3)c3c(F)ccc(F)c3OC[C@H]2C1.O=C1CC[C@@]2(S(=O)(=O)c3ccc(C(F)(F)F)cc3)c3c(F)ccc(F)c3OC[C@H]2C1. The molecule has 0 radical (unpaired) electrons. The van der Waals surface area contributed by atoms with Crippen molar-refractivity contribution in [2.75, 3.05) is 45.7 Å². The van der Waals surface area contributed by atoms with Crippen LogP contribution in [0, 0.1) is 87.2 Å². The Balaban J connectivity index is 0.000000187. The molecular weight excluding hydrogens is 1510 g/mol. The standard InChI is InChI=1S/C22H22F5NO3S.C22H18F5NO3S.C20H15F5O4S.C6H12NO3P.CH4/c2*23-17-5-6-18(24)20-19(17)21(9-7-13(8-10-28)11-15(21)12-31-20)32(29,30)16-3-1-14(2-4-16)22(25,26)27;21-15-5-6-16(22)18-17(15)19(8-7-13(26)9-12(19)10-29-18)30(27,28)14-3-1-11(2-4-14)20(23,24)25;1-3-9-11(8,6-5-7)10-4-2;/h1-6,13,15H,7-12,28H2;1-6,13,15H,7-9,11-12H2;1-6,12H,7-10H2;3-4,6H2,1-2H3;1H4/t2*13-,15+,21-;12-,19+;;/m001../s1. The van der Waals surface area contributed by atoms with Crippen LogP contribution in [-0.4, -0.2) is 76.8 Å². The number of hydrogen-bond acceptors (Lipinski definition) is 16. The van der Waals surface area contributed by atoms with E-state index < -0.39 is 177 Å². The van der Waals surface area contributed by atoms with Crippen LogP contribution in [0.1, 0.15) is 125 Å². The first-order valence-corrected chi connectivity index (χ1v) is 38.8. The maximum absolute atomic E-state index is 15.1. The second-order valence-corrected chi connectivity index (χ2v) is 34.4. The van der Waals surface area contributed by atoms with Crippen LogP contribution in [0.3, 0.4) is 0 Å². The first-order valence-electron chi connectivity index (χ1n) is 32.6. The summed E-state index contributed by atoms with van der Waals surface area (Å²) in [5.41, 5.74) is 1.28. The molecule has 16 nitrogen and oxygen atoms in total. The van der Waals surface area contributed by atoms with Gasteiger partial charge in [0.2, 0.25) is 0 Å². The summed E-state index contributed by atoms with van der Waals surface area (Å²) in [6.45, 7) is 3.74. The van der Waals surface area contributed by atoms with E-state index in [1.54, 1.807) is 19.9 Å². The number of nitriles is 2. The van der Waals surface area contributed by atoms with Crippen LogP contribution in [0.25, 0.3) is 0 Å². The molecule has 3 aliphatic heterocycles. The minimum atomic E-state index is -4.67. The second kappa shape index (κ2) is 32.2. The van der Waals surface area contributed by atoms with Crippen LogP contribution in [0.4, 0.5) is 65.9 Å². The Hall–Kier alpha value is -7.72. The Kier molecular flexibility index (Phi) is 25.5. The van der Waals surface area contributed by atoms with Gasteiger partial charge in [-0.05, 0) is 193 Å². The van der Waals surface area contributed by atoms with Crippen molar-refractivity contribution in [1.29, 1.82) is 10.5 Å². The summed E-state index contributed by atoms with van der Waals surface area (Å²) < 4.78 is 319. The lowest BCUT2D eigenvalue weighted by Gasteiger charge is -2.49. The van der Waals surface area contributed by atoms with Crippen molar-refractivity contribution in [2.24, 2.45) is 35.3 Å². The molecule has 0 unspecified atom stereocenters. The second-order valence-electron chi connectivity index (χ2n) is 25.7. The molecule has 2 N–H and O–H groups in total. The monoisotopic (exact) mass is 1590 g/mol. The average molecular weight is 1590 g/mol. The molecule has 0 spiro atoms. The highest BCUT2D eigenvalue weighted by molar-refractivity contribution is 7.93. The molecule has 6 aromatic carbocycles. The minimum absolute atomic E-state index is 0. The lowest BCUT2D eigenvalue weighted by molar-refractivity contribution is -0.138. The molecule has 3 heterocycles. The van der Waals surface area contributed by atoms with E-state index in [1.165, 1.54) is 0 Å². The Morgan fingerprint density at radius 1 is 0.500 bits per heavy atom. The smallest absolute Gasteiger partial charge is 0.416 e. The third kappa shape index (κ3) is 15.8. The van der Waals surface area contributed by atoms with E-state index in [-0.39, 0.29) is 113 Å². The van der Waals surface area contributed by atoms with Crippen molar-refractivity contribution in [3.05, 3.63) is 177 Å². The Morgan fingerprint density at radius 2 is 0.821 bits per heavy atom. The van der Waals surface area contributed by atoms with Gasteiger partial charge in [-0.15, -0.1) is 0 Å². The van der Waals surface area contributed by atoms with E-state index in [0.29, 0.717) is 75.4 Å². The molecule has 8 atom stereocenters. The number of rotatable bonds is 14. The van der Waals surface area contributed by atoms with Crippen molar-refractivity contribution in [3.63, 3.8) is 0 Å². The highest BCUT2D eigenvalue weighted by atomic mass is 32.2. The van der Waals surface area contributed by atoms with Gasteiger partial charge in [0.15, 0.2) is 64.2 Å². The van der Waals surface area contributed by atoms with Gasteiger partial charge < -0.3 is 29.0 Å². The number of alkyl halides is 9. The summed E-state index contributed by atoms with van der Waals surface area (Å²) >= 11 is 0. The summed E-state index contributed by atoms with van der Waals surface area (Å²) in [5.74, 6) is -9.95. The van der Waals surface area contributed by atoms with Gasteiger partial charge in [-0.1, -0.05) is 7.43 Å². The Labute approximate surface area is 601 Å². The van der Waals surface area contributed by atoms with E-state index in [0.717, 1.165) is 72.8 Å². The van der Waals surface area contributed by atoms with Crippen molar-refractivity contribution in [2.45, 2.75) is 139 Å². The van der Waals surface area contributed by atoms with Gasteiger partial charge in [0.1, 0.15) is 43.6 Å². The number of Topliss-reactive ketones (excluding diaryl/α,β-unsaturated/α-hetero) is 1. The summed E-state index contributed by atoms with van der Waals surface area (Å²) in [6.07, 6.45) is -12.9. The average Bonchev–Trinajstić information content (AvgIpc) is 0.713. The minimum Gasteiger partial charge on any atom is -0.490 e. The van der Waals surface area contributed by atoms with Crippen molar-refractivity contribution >= 4 is 42.9 Å². The maximum atomic E-state index is 15.1. The fourth-order valence-corrected chi connectivity index (χ4v) is 23.3. The molecule has 0 amide bonds. The number of halogens is 15. The van der Waals surface area contributed by atoms with Gasteiger partial charge in [0.25, 0.3) is 0 Å². The van der Waals surface area contributed by atoms with Gasteiger partial charge in [-0.3, -0.25) is 9.36 Å². The van der Waals surface area contributed by atoms with Crippen LogP contribution in [-0.2, 0) is 80.7 Å². The summed E-state index contributed by atoms with van der Waals surface area (Å²) in [5, 5.41) is 17.3. The highest BCUT2D eigenvalue weighted by Gasteiger charge is 2.63. The zero-order valence-corrected chi connectivity index (χ0v) is 59.0. The fraction of sp³-hybridized carbons (Fsp3) is 0.451. The topological polar surface area (TPSA) is 256 Å². The predicted octanol–water partition coefficient (Wildman–Crippen LogP) is 17.0. The van der Waals surface area contributed by atoms with Gasteiger partial charge in [-0.25, -0.2) is 51.6 Å². The molecule has 576 valence electrons. The number of nitrogens with two attached hydrogens (primary N) is 1. The van der Waals surface area contributed by atoms with Gasteiger partial charge in [-0.2, -0.15) is 50.0 Å². The van der Waals surface area contributed by atoms with Crippen molar-refractivity contribution in [1.82, 2.24) is 0 Å². The number of carbonyl (C=O) groups excluding carboxylic acids is 1. The third-order valence-electron chi connectivity index (χ3n) is 19.8. The van der Waals surface area contributed by atoms with Crippen LogP contribution in [0.2, 0.25) is 0 Å². The van der Waals surface area contributed by atoms with Gasteiger partial charge in [0.05, 0.1) is 93.2 Å². The molecule has 0 aromatic heterocycles. The molecule has 3 saturated carbocycles. The highest BCUT2D eigenvalue weighted by Crippen LogP contribution is 2.61. The lowest BCUT2D eigenvalue weighted by Crippen LogP contribution is -2.52. The number of ketones is 1. The van der Waals surface area contributed by atoms with Crippen LogP contribution < -0.4 is 19.9 Å². The molecule has 6 aromatic rings. The molecule has 0 saturated heterocycles. The molecule has 12 rings (SSSR count). The molecular formula is C71H71F15N3O13PS3. The van der Waals surface area contributed by atoms with E-state index in [1.807, 2.05) is 6.07 Å². The largest absolute Gasteiger partial charge is 0.490 e. The molecule has 106 heavy (non-hydrogen) atoms. The first kappa shape index (κ1) is 83.9. The van der Waals surface area contributed by atoms with Crippen LogP contribution >= 0.6 is 7.60 Å².